The first-order valence-electron chi connectivity index (χ1n) is 9.98. The zero-order valence-corrected chi connectivity index (χ0v) is 18.4. The number of hydrogen-bond acceptors (Lipinski definition) is 6. The van der Waals surface area contributed by atoms with E-state index >= 15 is 0 Å². The van der Waals surface area contributed by atoms with Crippen LogP contribution in [0.15, 0.2) is 42.5 Å². The van der Waals surface area contributed by atoms with Crippen LogP contribution in [0.25, 0.3) is 10.2 Å². The van der Waals surface area contributed by atoms with E-state index in [-0.39, 0.29) is 5.91 Å². The average Bonchev–Trinajstić information content (AvgIpc) is 3.20. The highest BCUT2D eigenvalue weighted by atomic mass is 35.5. The Kier molecular flexibility index (Phi) is 6.59. The first kappa shape index (κ1) is 20.8. The summed E-state index contributed by atoms with van der Waals surface area (Å²) in [5.41, 5.74) is 0.967. The molecule has 0 N–H and O–H groups in total. The van der Waals surface area contributed by atoms with Crippen LogP contribution in [0, 0.1) is 0 Å². The minimum absolute atomic E-state index is 0.184. The van der Waals surface area contributed by atoms with Gasteiger partial charge in [0, 0.05) is 37.6 Å². The highest BCUT2D eigenvalue weighted by Gasteiger charge is 2.22. The van der Waals surface area contributed by atoms with Crippen LogP contribution in [0.3, 0.4) is 0 Å². The van der Waals surface area contributed by atoms with Gasteiger partial charge in [-0.1, -0.05) is 22.9 Å². The van der Waals surface area contributed by atoms with Gasteiger partial charge in [0.2, 0.25) is 5.91 Å². The number of methoxy groups -OCH3 is 1. The minimum atomic E-state index is 0.184. The number of carbonyl (C=O) groups is 1. The maximum absolute atomic E-state index is 12.5. The van der Waals surface area contributed by atoms with Gasteiger partial charge in [0.25, 0.3) is 0 Å². The van der Waals surface area contributed by atoms with Gasteiger partial charge in [0.1, 0.15) is 11.5 Å². The summed E-state index contributed by atoms with van der Waals surface area (Å²) in [5.74, 6) is 1.77. The number of ether oxygens (including phenoxy) is 2. The topological polar surface area (TPSA) is 54.9 Å². The molecule has 0 aliphatic carbocycles. The van der Waals surface area contributed by atoms with E-state index in [1.54, 1.807) is 18.4 Å². The number of halogens is 1. The number of amides is 1. The summed E-state index contributed by atoms with van der Waals surface area (Å²) >= 11 is 7.72. The molecule has 0 radical (unpaired) electrons. The Bertz CT molecular complexity index is 1000. The number of nitrogens with zero attached hydrogens (tertiary/aromatic N) is 3. The second kappa shape index (κ2) is 9.53. The molecule has 8 heteroatoms. The molecule has 30 heavy (non-hydrogen) atoms. The van der Waals surface area contributed by atoms with E-state index in [2.05, 4.69) is 4.90 Å². The fraction of sp³-hybridized carbons (Fsp3) is 0.364. The van der Waals surface area contributed by atoms with E-state index in [9.17, 15) is 4.79 Å². The molecule has 3 aromatic rings. The summed E-state index contributed by atoms with van der Waals surface area (Å²) < 4.78 is 11.9. The van der Waals surface area contributed by atoms with E-state index in [0.29, 0.717) is 19.4 Å². The van der Waals surface area contributed by atoms with E-state index in [4.69, 9.17) is 26.1 Å². The summed E-state index contributed by atoms with van der Waals surface area (Å²) in [6, 6.07) is 13.2. The molecule has 1 amide bonds. The Hall–Kier alpha value is -2.51. The van der Waals surface area contributed by atoms with Gasteiger partial charge in [-0.2, -0.15) is 0 Å². The molecule has 1 aromatic heterocycles. The number of aromatic nitrogens is 1. The van der Waals surface area contributed by atoms with Crippen molar-refractivity contribution >= 4 is 44.2 Å². The Labute approximate surface area is 185 Å². The zero-order valence-electron chi connectivity index (χ0n) is 16.8. The van der Waals surface area contributed by atoms with Crippen LogP contribution < -0.4 is 14.4 Å². The molecule has 0 spiro atoms. The van der Waals surface area contributed by atoms with Crippen molar-refractivity contribution in [1.82, 2.24) is 9.88 Å². The Balaban J connectivity index is 1.20. The summed E-state index contributed by atoms with van der Waals surface area (Å²) in [5, 5.41) is 1.72. The standard InChI is InChI=1S/C22H24ClN3O3S/c1-28-17-5-7-18(8-6-17)29-14-2-3-21(27)25-10-12-26(13-11-25)22-24-19-9-4-16(23)15-20(19)30-22/h4-9,15H,2-3,10-14H2,1H3. The van der Waals surface area contributed by atoms with E-state index in [0.717, 1.165) is 58.0 Å². The molecule has 1 aliphatic rings. The predicted molar refractivity (Wildman–Crippen MR) is 121 cm³/mol. The molecule has 0 bridgehead atoms. The van der Waals surface area contributed by atoms with Crippen LogP contribution in [0.2, 0.25) is 5.02 Å². The first-order valence-corrected chi connectivity index (χ1v) is 11.2. The van der Waals surface area contributed by atoms with E-state index in [1.165, 1.54) is 0 Å². The second-order valence-electron chi connectivity index (χ2n) is 7.10. The average molecular weight is 446 g/mol. The number of anilines is 1. The summed E-state index contributed by atoms with van der Waals surface area (Å²) in [6.07, 6.45) is 1.19. The molecule has 158 valence electrons. The minimum Gasteiger partial charge on any atom is -0.497 e. The van der Waals surface area contributed by atoms with E-state index in [1.807, 2.05) is 47.4 Å². The number of thiazole rings is 1. The van der Waals surface area contributed by atoms with E-state index < -0.39 is 0 Å². The van der Waals surface area contributed by atoms with Crippen molar-refractivity contribution in [2.24, 2.45) is 0 Å². The predicted octanol–water partition coefficient (Wildman–Crippen LogP) is 4.47. The molecular formula is C22H24ClN3O3S. The molecular weight excluding hydrogens is 422 g/mol. The van der Waals surface area contributed by atoms with Gasteiger partial charge >= 0.3 is 0 Å². The third kappa shape index (κ3) is 4.96. The van der Waals surface area contributed by atoms with Crippen molar-refractivity contribution in [1.29, 1.82) is 0 Å². The molecule has 0 saturated carbocycles. The third-order valence-electron chi connectivity index (χ3n) is 5.11. The van der Waals surface area contributed by atoms with Crippen LogP contribution >= 0.6 is 22.9 Å². The van der Waals surface area contributed by atoms with Gasteiger partial charge in [0.15, 0.2) is 5.13 Å². The Morgan fingerprint density at radius 2 is 1.83 bits per heavy atom. The number of carbonyl (C=O) groups excluding carboxylic acids is 1. The maximum atomic E-state index is 12.5. The van der Waals surface area contributed by atoms with Gasteiger partial charge in [-0.05, 0) is 48.9 Å². The zero-order chi connectivity index (χ0) is 20.9. The third-order valence-corrected chi connectivity index (χ3v) is 6.42. The molecule has 1 aliphatic heterocycles. The van der Waals surface area contributed by atoms with Crippen molar-refractivity contribution in [3.8, 4) is 11.5 Å². The maximum Gasteiger partial charge on any atom is 0.222 e. The van der Waals surface area contributed by atoms with Gasteiger partial charge in [0.05, 0.1) is 23.9 Å². The number of piperazine rings is 1. The fourth-order valence-corrected chi connectivity index (χ4v) is 4.71. The fourth-order valence-electron chi connectivity index (χ4n) is 3.41. The Morgan fingerprint density at radius 3 is 2.57 bits per heavy atom. The molecule has 6 nitrogen and oxygen atoms in total. The second-order valence-corrected chi connectivity index (χ2v) is 8.55. The van der Waals surface area contributed by atoms with Gasteiger partial charge in [-0.15, -0.1) is 0 Å². The molecule has 2 heterocycles. The van der Waals surface area contributed by atoms with Crippen LogP contribution in [0.1, 0.15) is 12.8 Å². The number of rotatable bonds is 7. The SMILES string of the molecule is COc1ccc(OCCCC(=O)N2CCN(c3nc4ccc(Cl)cc4s3)CC2)cc1. The molecule has 1 saturated heterocycles. The van der Waals surface area contributed by atoms with Crippen molar-refractivity contribution in [2.75, 3.05) is 44.8 Å². The largest absolute Gasteiger partial charge is 0.497 e. The normalized spacial score (nSPS) is 14.2. The van der Waals surface area contributed by atoms with Crippen molar-refractivity contribution in [3.63, 3.8) is 0 Å². The lowest BCUT2D eigenvalue weighted by molar-refractivity contribution is -0.131. The van der Waals surface area contributed by atoms with Gasteiger partial charge in [-0.25, -0.2) is 4.98 Å². The molecule has 0 atom stereocenters. The molecule has 2 aromatic carbocycles. The lowest BCUT2D eigenvalue weighted by atomic mass is 10.2. The van der Waals surface area contributed by atoms with Crippen LogP contribution in [-0.2, 0) is 4.79 Å². The van der Waals surface area contributed by atoms with Crippen LogP contribution in [0.4, 0.5) is 5.13 Å². The summed E-state index contributed by atoms with van der Waals surface area (Å²) in [6.45, 7) is 3.54. The highest BCUT2D eigenvalue weighted by molar-refractivity contribution is 7.22. The lowest BCUT2D eigenvalue weighted by Gasteiger charge is -2.34. The van der Waals surface area contributed by atoms with Crippen LogP contribution in [-0.4, -0.2) is 55.7 Å². The molecule has 4 rings (SSSR count). The van der Waals surface area contributed by atoms with Gasteiger partial charge in [-0.3, -0.25) is 4.79 Å². The van der Waals surface area contributed by atoms with Crippen LogP contribution in [0.5, 0.6) is 11.5 Å². The van der Waals surface area contributed by atoms with Crippen molar-refractivity contribution in [3.05, 3.63) is 47.5 Å². The van der Waals surface area contributed by atoms with Gasteiger partial charge < -0.3 is 19.3 Å². The quantitative estimate of drug-likeness (QED) is 0.502. The highest BCUT2D eigenvalue weighted by Crippen LogP contribution is 2.31. The van der Waals surface area contributed by atoms with Crippen molar-refractivity contribution < 1.29 is 14.3 Å². The number of fused-ring (bicyclic) bond motifs is 1. The number of benzene rings is 2. The molecule has 0 unspecified atom stereocenters. The summed E-state index contributed by atoms with van der Waals surface area (Å²) in [4.78, 5) is 21.4. The van der Waals surface area contributed by atoms with Crippen molar-refractivity contribution in [2.45, 2.75) is 12.8 Å². The monoisotopic (exact) mass is 445 g/mol. The lowest BCUT2D eigenvalue weighted by Crippen LogP contribution is -2.48. The first-order chi connectivity index (χ1) is 14.6. The molecule has 1 fully saturated rings. The number of hydrogen-bond donors (Lipinski definition) is 0. The smallest absolute Gasteiger partial charge is 0.222 e. The Morgan fingerprint density at radius 1 is 1.10 bits per heavy atom. The summed E-state index contributed by atoms with van der Waals surface area (Å²) in [7, 11) is 1.64.